The van der Waals surface area contributed by atoms with Crippen LogP contribution in [0.15, 0.2) is 48.5 Å². The van der Waals surface area contributed by atoms with E-state index in [1.165, 1.54) is 11.1 Å². The highest BCUT2D eigenvalue weighted by atomic mass is 16.2. The van der Waals surface area contributed by atoms with Crippen molar-refractivity contribution in [2.75, 3.05) is 20.1 Å². The van der Waals surface area contributed by atoms with E-state index < -0.39 is 0 Å². The third-order valence-corrected chi connectivity index (χ3v) is 4.18. The van der Waals surface area contributed by atoms with Crippen molar-refractivity contribution in [2.45, 2.75) is 26.8 Å². The fourth-order valence-corrected chi connectivity index (χ4v) is 2.70. The van der Waals surface area contributed by atoms with Crippen LogP contribution in [-0.4, -0.2) is 30.9 Å². The first-order valence-electron chi connectivity index (χ1n) is 8.23. The third-order valence-electron chi connectivity index (χ3n) is 4.18. The summed E-state index contributed by atoms with van der Waals surface area (Å²) in [4.78, 5) is 14.9. The molecule has 2 aromatic carbocycles. The second-order valence-electron chi connectivity index (χ2n) is 5.76. The fourth-order valence-electron chi connectivity index (χ4n) is 2.70. The zero-order valence-corrected chi connectivity index (χ0v) is 14.3. The number of aryl methyl sites for hydroxylation is 1. The highest BCUT2D eigenvalue weighted by molar-refractivity contribution is 5.95. The highest BCUT2D eigenvalue weighted by Crippen LogP contribution is 2.16. The van der Waals surface area contributed by atoms with E-state index in [1.54, 1.807) is 0 Å². The van der Waals surface area contributed by atoms with E-state index >= 15 is 0 Å². The molecule has 3 nitrogen and oxygen atoms in total. The molecule has 1 amide bonds. The summed E-state index contributed by atoms with van der Waals surface area (Å²) >= 11 is 0. The van der Waals surface area contributed by atoms with Crippen molar-refractivity contribution in [1.82, 2.24) is 10.2 Å². The number of carbonyl (C=O) groups excluding carboxylic acids is 1. The average Bonchev–Trinajstić information content (AvgIpc) is 2.59. The highest BCUT2D eigenvalue weighted by Gasteiger charge is 2.17. The topological polar surface area (TPSA) is 32.3 Å². The molecule has 0 unspecified atom stereocenters. The summed E-state index contributed by atoms with van der Waals surface area (Å²) in [6.07, 6.45) is 0.861. The minimum atomic E-state index is 0.113. The summed E-state index contributed by atoms with van der Waals surface area (Å²) in [5, 5.41) is 3.15. The number of likely N-dealkylation sites (N-methyl/N-ethyl adjacent to an activating group) is 1. The molecule has 0 aliphatic heterocycles. The number of carbonyl (C=O) groups is 1. The van der Waals surface area contributed by atoms with Crippen molar-refractivity contribution in [1.29, 1.82) is 0 Å². The van der Waals surface area contributed by atoms with Gasteiger partial charge < -0.3 is 10.2 Å². The van der Waals surface area contributed by atoms with Gasteiger partial charge in [0.1, 0.15) is 0 Å². The Morgan fingerprint density at radius 2 is 1.70 bits per heavy atom. The van der Waals surface area contributed by atoms with Crippen LogP contribution in [0.25, 0.3) is 0 Å². The molecule has 23 heavy (non-hydrogen) atoms. The lowest BCUT2D eigenvalue weighted by Gasteiger charge is -2.23. The Labute approximate surface area is 139 Å². The predicted molar refractivity (Wildman–Crippen MR) is 95.7 cm³/mol. The average molecular weight is 310 g/mol. The summed E-state index contributed by atoms with van der Waals surface area (Å²) in [6, 6.07) is 16.2. The van der Waals surface area contributed by atoms with Crippen LogP contribution in [0.4, 0.5) is 0 Å². The maximum absolute atomic E-state index is 13.0. The lowest BCUT2D eigenvalue weighted by molar-refractivity contribution is 0.0751. The van der Waals surface area contributed by atoms with Crippen molar-refractivity contribution in [3.63, 3.8) is 0 Å². The third kappa shape index (κ3) is 4.42. The number of hydrogen-bond acceptors (Lipinski definition) is 2. The van der Waals surface area contributed by atoms with Gasteiger partial charge in [-0.2, -0.15) is 0 Å². The fraction of sp³-hybridized carbons (Fsp3) is 0.350. The molecule has 1 N–H and O–H groups in total. The molecule has 0 heterocycles. The summed E-state index contributed by atoms with van der Waals surface area (Å²) in [5.41, 5.74) is 4.35. The molecule has 0 saturated carbocycles. The van der Waals surface area contributed by atoms with Crippen molar-refractivity contribution >= 4 is 5.91 Å². The minimum Gasteiger partial charge on any atom is -0.335 e. The standard InChI is InChI=1S/C20H26N2O/c1-4-22(15-18-11-6-5-9-16(18)2)20(23)19-12-8-7-10-17(19)13-14-21-3/h5-12,21H,4,13-15H2,1-3H3. The van der Waals surface area contributed by atoms with Crippen LogP contribution in [-0.2, 0) is 13.0 Å². The molecular weight excluding hydrogens is 284 g/mol. The zero-order chi connectivity index (χ0) is 16.7. The van der Waals surface area contributed by atoms with Gasteiger partial charge in [0.25, 0.3) is 5.91 Å². The van der Waals surface area contributed by atoms with Gasteiger partial charge in [0.05, 0.1) is 0 Å². The van der Waals surface area contributed by atoms with Gasteiger partial charge in [0, 0.05) is 18.7 Å². The number of benzene rings is 2. The van der Waals surface area contributed by atoms with Crippen molar-refractivity contribution < 1.29 is 4.79 Å². The van der Waals surface area contributed by atoms with Gasteiger partial charge in [0.15, 0.2) is 0 Å². The predicted octanol–water partition coefficient (Wildman–Crippen LogP) is 3.42. The first-order valence-corrected chi connectivity index (χ1v) is 8.23. The van der Waals surface area contributed by atoms with E-state index in [4.69, 9.17) is 0 Å². The Hall–Kier alpha value is -2.13. The molecule has 3 heteroatoms. The van der Waals surface area contributed by atoms with E-state index in [9.17, 15) is 4.79 Å². The largest absolute Gasteiger partial charge is 0.335 e. The number of rotatable bonds is 7. The number of nitrogens with one attached hydrogen (secondary N) is 1. The van der Waals surface area contributed by atoms with Crippen LogP contribution in [0, 0.1) is 6.92 Å². The molecule has 2 aromatic rings. The van der Waals surface area contributed by atoms with Gasteiger partial charge in [-0.15, -0.1) is 0 Å². The van der Waals surface area contributed by atoms with Crippen LogP contribution in [0.3, 0.4) is 0 Å². The molecule has 0 radical (unpaired) electrons. The van der Waals surface area contributed by atoms with Gasteiger partial charge >= 0.3 is 0 Å². The zero-order valence-electron chi connectivity index (χ0n) is 14.3. The summed E-state index contributed by atoms with van der Waals surface area (Å²) in [6.45, 7) is 6.35. The Kier molecular flexibility index (Phi) is 6.36. The normalized spacial score (nSPS) is 10.6. The van der Waals surface area contributed by atoms with Gasteiger partial charge in [0.2, 0.25) is 0 Å². The van der Waals surface area contributed by atoms with Crippen molar-refractivity contribution in [2.24, 2.45) is 0 Å². The van der Waals surface area contributed by atoms with E-state index in [0.29, 0.717) is 13.1 Å². The lowest BCUT2D eigenvalue weighted by Crippen LogP contribution is -2.31. The lowest BCUT2D eigenvalue weighted by atomic mass is 10.0. The van der Waals surface area contributed by atoms with Crippen LogP contribution < -0.4 is 5.32 Å². The Bertz CT molecular complexity index is 652. The quantitative estimate of drug-likeness (QED) is 0.850. The molecule has 0 fully saturated rings. The molecule has 0 atom stereocenters. The maximum atomic E-state index is 13.0. The summed E-state index contributed by atoms with van der Waals surface area (Å²) < 4.78 is 0. The molecule has 0 bridgehead atoms. The van der Waals surface area contributed by atoms with Gasteiger partial charge in [-0.1, -0.05) is 42.5 Å². The monoisotopic (exact) mass is 310 g/mol. The minimum absolute atomic E-state index is 0.113. The summed E-state index contributed by atoms with van der Waals surface area (Å²) in [5.74, 6) is 0.113. The smallest absolute Gasteiger partial charge is 0.254 e. The van der Waals surface area contributed by atoms with Gasteiger partial charge in [-0.25, -0.2) is 0 Å². The van der Waals surface area contributed by atoms with E-state index in [1.807, 2.05) is 55.3 Å². The maximum Gasteiger partial charge on any atom is 0.254 e. The molecule has 2 rings (SSSR count). The van der Waals surface area contributed by atoms with Gasteiger partial charge in [-0.3, -0.25) is 4.79 Å². The van der Waals surface area contributed by atoms with Crippen LogP contribution in [0.5, 0.6) is 0 Å². The first kappa shape index (κ1) is 17.2. The molecule has 0 aliphatic rings. The van der Waals surface area contributed by atoms with Crippen LogP contribution in [0.1, 0.15) is 34.0 Å². The van der Waals surface area contributed by atoms with Gasteiger partial charge in [-0.05, 0) is 56.6 Å². The van der Waals surface area contributed by atoms with Crippen LogP contribution in [0.2, 0.25) is 0 Å². The number of amides is 1. The number of hydrogen-bond donors (Lipinski definition) is 1. The molecule has 0 spiro atoms. The Morgan fingerprint density at radius 1 is 1.04 bits per heavy atom. The second kappa shape index (κ2) is 8.49. The molecule has 0 aromatic heterocycles. The van der Waals surface area contributed by atoms with E-state index in [0.717, 1.165) is 24.1 Å². The Balaban J connectivity index is 2.22. The SMILES string of the molecule is CCN(Cc1ccccc1C)C(=O)c1ccccc1CCNC. The van der Waals surface area contributed by atoms with Crippen molar-refractivity contribution in [3.8, 4) is 0 Å². The van der Waals surface area contributed by atoms with Crippen molar-refractivity contribution in [3.05, 3.63) is 70.8 Å². The van der Waals surface area contributed by atoms with E-state index in [2.05, 4.69) is 24.4 Å². The van der Waals surface area contributed by atoms with E-state index in [-0.39, 0.29) is 5.91 Å². The Morgan fingerprint density at radius 3 is 2.35 bits per heavy atom. The summed E-state index contributed by atoms with van der Waals surface area (Å²) in [7, 11) is 1.93. The number of nitrogens with zero attached hydrogens (tertiary/aromatic N) is 1. The molecule has 122 valence electrons. The molecule has 0 saturated heterocycles. The molecular formula is C20H26N2O. The first-order chi connectivity index (χ1) is 11.2. The second-order valence-corrected chi connectivity index (χ2v) is 5.76. The molecule has 0 aliphatic carbocycles. The van der Waals surface area contributed by atoms with Crippen LogP contribution >= 0.6 is 0 Å².